The summed E-state index contributed by atoms with van der Waals surface area (Å²) < 4.78 is 10.5. The molecule has 0 saturated carbocycles. The molecule has 1 heterocycles. The van der Waals surface area contributed by atoms with Gasteiger partial charge in [-0.2, -0.15) is 0 Å². The molecule has 1 fully saturated rings. The number of hydrogen-bond acceptors (Lipinski definition) is 5. The Bertz CT molecular complexity index is 708. The second kappa shape index (κ2) is 11.0. The van der Waals surface area contributed by atoms with Crippen molar-refractivity contribution in [3.63, 3.8) is 0 Å². The summed E-state index contributed by atoms with van der Waals surface area (Å²) in [5, 5.41) is 3.35. The minimum absolute atomic E-state index is 0.107. The number of hydrogen-bond donors (Lipinski definition) is 1. The van der Waals surface area contributed by atoms with Crippen LogP contribution in [-0.4, -0.2) is 55.0 Å². The van der Waals surface area contributed by atoms with Crippen LogP contribution < -0.4 is 10.1 Å². The van der Waals surface area contributed by atoms with Gasteiger partial charge in [-0.3, -0.25) is 14.4 Å². The Labute approximate surface area is 176 Å². The highest BCUT2D eigenvalue weighted by Crippen LogP contribution is 2.20. The zero-order valence-corrected chi connectivity index (χ0v) is 17.9. The number of likely N-dealkylation sites (tertiary alicyclic amines) is 1. The zero-order chi connectivity index (χ0) is 21.4. The summed E-state index contributed by atoms with van der Waals surface area (Å²) in [6.07, 6.45) is 1.43. The number of ether oxygens (including phenoxy) is 2. The van der Waals surface area contributed by atoms with E-state index in [-0.39, 0.29) is 36.2 Å². The fourth-order valence-corrected chi connectivity index (χ4v) is 3.36. The number of halogens is 1. The van der Waals surface area contributed by atoms with E-state index in [2.05, 4.69) is 5.32 Å². The maximum atomic E-state index is 13.0. The highest BCUT2D eigenvalue weighted by Gasteiger charge is 2.34. The highest BCUT2D eigenvalue weighted by molar-refractivity contribution is 6.30. The molecule has 1 saturated heterocycles. The van der Waals surface area contributed by atoms with Crippen LogP contribution in [0.4, 0.5) is 0 Å². The van der Waals surface area contributed by atoms with Crippen molar-refractivity contribution in [2.75, 3.05) is 26.3 Å². The smallest absolute Gasteiger partial charge is 0.310 e. The molecule has 0 spiro atoms. The van der Waals surface area contributed by atoms with E-state index in [0.717, 1.165) is 6.42 Å². The number of rotatable bonds is 8. The van der Waals surface area contributed by atoms with Gasteiger partial charge < -0.3 is 19.7 Å². The van der Waals surface area contributed by atoms with Crippen LogP contribution in [0.3, 0.4) is 0 Å². The maximum absolute atomic E-state index is 13.0. The number of esters is 1. The second-order valence-corrected chi connectivity index (χ2v) is 7.84. The molecule has 1 N–H and O–H groups in total. The van der Waals surface area contributed by atoms with Gasteiger partial charge in [0.1, 0.15) is 11.8 Å². The summed E-state index contributed by atoms with van der Waals surface area (Å²) in [4.78, 5) is 39.0. The van der Waals surface area contributed by atoms with E-state index in [0.29, 0.717) is 36.9 Å². The minimum atomic E-state index is -0.683. The third-order valence-electron chi connectivity index (χ3n) is 4.79. The Kier molecular flexibility index (Phi) is 8.76. The number of amides is 2. The van der Waals surface area contributed by atoms with Gasteiger partial charge in [-0.1, -0.05) is 25.4 Å². The van der Waals surface area contributed by atoms with Crippen LogP contribution in [0.5, 0.6) is 5.75 Å². The molecule has 8 heteroatoms. The average Bonchev–Trinajstić information content (AvgIpc) is 2.71. The molecule has 160 valence electrons. The normalized spacial score (nSPS) is 17.6. The molecule has 0 aromatic heterocycles. The second-order valence-electron chi connectivity index (χ2n) is 7.41. The standard InChI is InChI=1S/C21H29ClN2O5/c1-4-28-21(27)15-6-5-11-24(12-15)20(26)19(14(2)3)23-18(25)13-29-17-9-7-16(22)8-10-17/h7-10,14-15,19H,4-6,11-13H2,1-3H3,(H,23,25). The highest BCUT2D eigenvalue weighted by atomic mass is 35.5. The lowest BCUT2D eigenvalue weighted by Crippen LogP contribution is -2.54. The molecule has 2 amide bonds. The van der Waals surface area contributed by atoms with Crippen LogP contribution in [0, 0.1) is 11.8 Å². The Balaban J connectivity index is 1.93. The Morgan fingerprint density at radius 2 is 1.93 bits per heavy atom. The van der Waals surface area contributed by atoms with Crippen LogP contribution in [0.2, 0.25) is 5.02 Å². The maximum Gasteiger partial charge on any atom is 0.310 e. The number of nitrogens with one attached hydrogen (secondary N) is 1. The van der Waals surface area contributed by atoms with Crippen LogP contribution >= 0.6 is 11.6 Å². The summed E-state index contributed by atoms with van der Waals surface area (Å²) >= 11 is 5.83. The summed E-state index contributed by atoms with van der Waals surface area (Å²) in [5.74, 6) is -0.745. The minimum Gasteiger partial charge on any atom is -0.484 e. The first-order chi connectivity index (χ1) is 13.8. The average molecular weight is 425 g/mol. The number of carbonyl (C=O) groups is 3. The first-order valence-corrected chi connectivity index (χ1v) is 10.3. The molecule has 1 aliphatic heterocycles. The van der Waals surface area contributed by atoms with Gasteiger partial charge in [-0.05, 0) is 49.9 Å². The van der Waals surface area contributed by atoms with Crippen molar-refractivity contribution in [3.8, 4) is 5.75 Å². The van der Waals surface area contributed by atoms with E-state index >= 15 is 0 Å². The van der Waals surface area contributed by atoms with E-state index in [4.69, 9.17) is 21.1 Å². The number of nitrogens with zero attached hydrogens (tertiary/aromatic N) is 1. The van der Waals surface area contributed by atoms with Gasteiger partial charge >= 0.3 is 5.97 Å². The molecule has 1 aromatic rings. The van der Waals surface area contributed by atoms with Gasteiger partial charge in [0.25, 0.3) is 5.91 Å². The van der Waals surface area contributed by atoms with E-state index < -0.39 is 6.04 Å². The molecule has 2 atom stereocenters. The van der Waals surface area contributed by atoms with Gasteiger partial charge in [0.15, 0.2) is 6.61 Å². The molecular weight excluding hydrogens is 396 g/mol. The molecule has 2 unspecified atom stereocenters. The molecule has 0 radical (unpaired) electrons. The summed E-state index contributed by atoms with van der Waals surface area (Å²) in [6, 6.07) is 6.00. The fraction of sp³-hybridized carbons (Fsp3) is 0.571. The summed E-state index contributed by atoms with van der Waals surface area (Å²) in [7, 11) is 0. The molecule has 0 bridgehead atoms. The lowest BCUT2D eigenvalue weighted by molar-refractivity contribution is -0.152. The van der Waals surface area contributed by atoms with E-state index in [1.165, 1.54) is 0 Å². The molecule has 0 aliphatic carbocycles. The van der Waals surface area contributed by atoms with E-state index in [9.17, 15) is 14.4 Å². The molecule has 29 heavy (non-hydrogen) atoms. The Hall–Kier alpha value is -2.28. The summed E-state index contributed by atoms with van der Waals surface area (Å²) in [5.41, 5.74) is 0. The van der Waals surface area contributed by atoms with Crippen LogP contribution in [0.1, 0.15) is 33.6 Å². The van der Waals surface area contributed by atoms with Gasteiger partial charge in [-0.15, -0.1) is 0 Å². The number of carbonyl (C=O) groups excluding carboxylic acids is 3. The van der Waals surface area contributed by atoms with Crippen molar-refractivity contribution in [2.45, 2.75) is 39.7 Å². The first-order valence-electron chi connectivity index (χ1n) is 9.95. The lowest BCUT2D eigenvalue weighted by atomic mass is 9.95. The Morgan fingerprint density at radius 1 is 1.24 bits per heavy atom. The molecule has 1 aliphatic rings. The fourth-order valence-electron chi connectivity index (χ4n) is 3.23. The predicted octanol–water partition coefficient (Wildman–Crippen LogP) is 2.66. The van der Waals surface area contributed by atoms with E-state index in [1.807, 2.05) is 13.8 Å². The van der Waals surface area contributed by atoms with Gasteiger partial charge in [-0.25, -0.2) is 0 Å². The molecule has 1 aromatic carbocycles. The van der Waals surface area contributed by atoms with Gasteiger partial charge in [0, 0.05) is 18.1 Å². The number of benzene rings is 1. The number of piperidine rings is 1. The zero-order valence-electron chi connectivity index (χ0n) is 17.2. The van der Waals surface area contributed by atoms with Crippen LogP contribution in [0.25, 0.3) is 0 Å². The summed E-state index contributed by atoms with van der Waals surface area (Å²) in [6.45, 7) is 6.50. The monoisotopic (exact) mass is 424 g/mol. The third-order valence-corrected chi connectivity index (χ3v) is 5.04. The third kappa shape index (κ3) is 6.92. The molecule has 7 nitrogen and oxygen atoms in total. The predicted molar refractivity (Wildman–Crippen MR) is 110 cm³/mol. The Morgan fingerprint density at radius 3 is 2.55 bits per heavy atom. The van der Waals surface area contributed by atoms with Crippen molar-refractivity contribution in [1.82, 2.24) is 10.2 Å². The van der Waals surface area contributed by atoms with Crippen molar-refractivity contribution in [3.05, 3.63) is 29.3 Å². The van der Waals surface area contributed by atoms with Gasteiger partial charge in [0.2, 0.25) is 5.91 Å². The quantitative estimate of drug-likeness (QED) is 0.648. The largest absolute Gasteiger partial charge is 0.484 e. The van der Waals surface area contributed by atoms with E-state index in [1.54, 1.807) is 36.1 Å². The van der Waals surface area contributed by atoms with Gasteiger partial charge in [0.05, 0.1) is 12.5 Å². The van der Waals surface area contributed by atoms with Crippen LogP contribution in [-0.2, 0) is 19.1 Å². The molecule has 2 rings (SSSR count). The topological polar surface area (TPSA) is 84.9 Å². The van der Waals surface area contributed by atoms with Crippen molar-refractivity contribution >= 4 is 29.4 Å². The van der Waals surface area contributed by atoms with Crippen molar-refractivity contribution < 1.29 is 23.9 Å². The molecular formula is C21H29ClN2O5. The SMILES string of the molecule is CCOC(=O)C1CCCN(C(=O)C(NC(=O)COc2ccc(Cl)cc2)C(C)C)C1. The van der Waals surface area contributed by atoms with Crippen molar-refractivity contribution in [1.29, 1.82) is 0 Å². The van der Waals surface area contributed by atoms with Crippen LogP contribution in [0.15, 0.2) is 24.3 Å². The lowest BCUT2D eigenvalue weighted by Gasteiger charge is -2.35. The van der Waals surface area contributed by atoms with Crippen molar-refractivity contribution in [2.24, 2.45) is 11.8 Å². The first kappa shape index (κ1) is 23.0.